The minimum atomic E-state index is 0.727. The van der Waals surface area contributed by atoms with Gasteiger partial charge in [-0.1, -0.05) is 115 Å². The van der Waals surface area contributed by atoms with E-state index in [0.717, 1.165) is 100 Å². The molecule has 7 aromatic carbocycles. The van der Waals surface area contributed by atoms with E-state index in [0.29, 0.717) is 0 Å². The highest BCUT2D eigenvalue weighted by Crippen LogP contribution is 2.47. The highest BCUT2D eigenvalue weighted by atomic mass is 16.3. The molecule has 0 aliphatic rings. The average molecular weight is 806 g/mol. The van der Waals surface area contributed by atoms with Crippen molar-refractivity contribution in [2.45, 2.75) is 0 Å². The van der Waals surface area contributed by atoms with E-state index in [-0.39, 0.29) is 0 Å². The van der Waals surface area contributed by atoms with Crippen LogP contribution in [0.4, 0.5) is 0 Å². The molecule has 13 rings (SSSR count). The second-order valence-electron chi connectivity index (χ2n) is 16.0. The van der Waals surface area contributed by atoms with Gasteiger partial charge in [-0.2, -0.15) is 0 Å². The highest BCUT2D eigenvalue weighted by molar-refractivity contribution is 6.17. The number of nitrogens with zero attached hydrogens (tertiary/aromatic N) is 5. The Bertz CT molecular complexity index is 3660. The SMILES string of the molecule is c1ccc(-c2nc3ccc(-c4cc(-n5c6ccccc6c6ccccc65)cc(-n5c6ccccc6c6ccccc65)c4)cc3c3oc(-c4cccnc4)c(-c4cccnc4)c23)cc1. The van der Waals surface area contributed by atoms with E-state index >= 15 is 0 Å². The Morgan fingerprint density at radius 2 is 0.889 bits per heavy atom. The van der Waals surface area contributed by atoms with Crippen LogP contribution in [-0.2, 0) is 0 Å². The second-order valence-corrected chi connectivity index (χ2v) is 16.0. The molecule has 0 radical (unpaired) electrons. The van der Waals surface area contributed by atoms with Crippen molar-refractivity contribution in [1.29, 1.82) is 0 Å². The molecule has 6 heterocycles. The molecule has 0 saturated carbocycles. The van der Waals surface area contributed by atoms with Crippen molar-refractivity contribution in [3.8, 4) is 56.2 Å². The molecule has 6 nitrogen and oxygen atoms in total. The summed E-state index contributed by atoms with van der Waals surface area (Å²) < 4.78 is 12.0. The van der Waals surface area contributed by atoms with Crippen molar-refractivity contribution >= 4 is 65.5 Å². The van der Waals surface area contributed by atoms with E-state index in [9.17, 15) is 0 Å². The van der Waals surface area contributed by atoms with Gasteiger partial charge in [-0.15, -0.1) is 0 Å². The Kier molecular flexibility index (Phi) is 7.80. The molecule has 0 bridgehead atoms. The first-order valence-corrected chi connectivity index (χ1v) is 21.2. The van der Waals surface area contributed by atoms with Crippen molar-refractivity contribution in [2.24, 2.45) is 0 Å². The topological polar surface area (TPSA) is 61.7 Å². The predicted molar refractivity (Wildman–Crippen MR) is 258 cm³/mol. The number of aromatic nitrogens is 5. The first-order valence-electron chi connectivity index (χ1n) is 21.2. The number of furan rings is 1. The number of para-hydroxylation sites is 4. The number of hydrogen-bond acceptors (Lipinski definition) is 4. The van der Waals surface area contributed by atoms with Gasteiger partial charge >= 0.3 is 0 Å². The van der Waals surface area contributed by atoms with E-state index in [1.165, 1.54) is 21.5 Å². The summed E-state index contributed by atoms with van der Waals surface area (Å²) in [6, 6.07) is 66.8. The van der Waals surface area contributed by atoms with Crippen molar-refractivity contribution in [3.05, 3.63) is 213 Å². The van der Waals surface area contributed by atoms with Gasteiger partial charge in [0, 0.05) is 85.3 Å². The molecule has 294 valence electrons. The predicted octanol–water partition coefficient (Wildman–Crippen LogP) is 14.6. The minimum absolute atomic E-state index is 0.727. The average Bonchev–Trinajstić information content (AvgIpc) is 4.03. The van der Waals surface area contributed by atoms with E-state index in [1.54, 1.807) is 12.4 Å². The van der Waals surface area contributed by atoms with Gasteiger partial charge in [-0.25, -0.2) is 4.98 Å². The van der Waals surface area contributed by atoms with Gasteiger partial charge in [-0.3, -0.25) is 9.97 Å². The fraction of sp³-hybridized carbons (Fsp3) is 0. The van der Waals surface area contributed by atoms with Crippen LogP contribution in [0, 0.1) is 0 Å². The Morgan fingerprint density at radius 3 is 1.43 bits per heavy atom. The zero-order valence-electron chi connectivity index (χ0n) is 33.9. The Labute approximate surface area is 361 Å². The van der Waals surface area contributed by atoms with E-state index in [4.69, 9.17) is 9.40 Å². The molecule has 13 aromatic rings. The molecule has 0 amide bonds. The summed E-state index contributed by atoms with van der Waals surface area (Å²) in [5.41, 5.74) is 15.1. The fourth-order valence-corrected chi connectivity index (χ4v) is 9.73. The molecule has 0 aliphatic carbocycles. The van der Waals surface area contributed by atoms with Gasteiger partial charge < -0.3 is 13.6 Å². The van der Waals surface area contributed by atoms with Crippen LogP contribution in [0.15, 0.2) is 217 Å². The summed E-state index contributed by atoms with van der Waals surface area (Å²) in [6.45, 7) is 0. The molecule has 0 atom stereocenters. The van der Waals surface area contributed by atoms with Crippen molar-refractivity contribution in [2.75, 3.05) is 0 Å². The molecule has 6 aromatic heterocycles. The van der Waals surface area contributed by atoms with Crippen LogP contribution in [0.5, 0.6) is 0 Å². The normalized spacial score (nSPS) is 11.8. The third-order valence-electron chi connectivity index (χ3n) is 12.5. The maximum atomic E-state index is 7.15. The van der Waals surface area contributed by atoms with Gasteiger partial charge in [0.1, 0.15) is 11.3 Å². The lowest BCUT2D eigenvalue weighted by Gasteiger charge is -2.16. The maximum Gasteiger partial charge on any atom is 0.147 e. The first kappa shape index (κ1) is 35.2. The van der Waals surface area contributed by atoms with Crippen molar-refractivity contribution < 1.29 is 4.42 Å². The number of benzene rings is 7. The lowest BCUT2D eigenvalue weighted by Crippen LogP contribution is -2.00. The molecule has 0 saturated heterocycles. The molecular weight excluding hydrogens is 771 g/mol. The molecule has 0 aliphatic heterocycles. The maximum absolute atomic E-state index is 7.15. The quantitative estimate of drug-likeness (QED) is 0.168. The molecule has 0 unspecified atom stereocenters. The summed E-state index contributed by atoms with van der Waals surface area (Å²) in [5, 5.41) is 6.73. The second kappa shape index (κ2) is 14.0. The fourth-order valence-electron chi connectivity index (χ4n) is 9.73. The van der Waals surface area contributed by atoms with Crippen LogP contribution < -0.4 is 0 Å². The molecular formula is C57H35N5O. The number of rotatable bonds is 6. The number of hydrogen-bond donors (Lipinski definition) is 0. The van der Waals surface area contributed by atoms with Gasteiger partial charge in [0.05, 0.1) is 38.7 Å². The van der Waals surface area contributed by atoms with Gasteiger partial charge in [0.15, 0.2) is 0 Å². The van der Waals surface area contributed by atoms with E-state index in [1.807, 2.05) is 36.7 Å². The van der Waals surface area contributed by atoms with Crippen LogP contribution >= 0.6 is 0 Å². The Morgan fingerprint density at radius 1 is 0.381 bits per heavy atom. The molecule has 0 N–H and O–H groups in total. The van der Waals surface area contributed by atoms with Gasteiger partial charge in [0.25, 0.3) is 0 Å². The summed E-state index contributed by atoms with van der Waals surface area (Å²) in [5.74, 6) is 0.727. The van der Waals surface area contributed by atoms with Crippen LogP contribution in [0.2, 0.25) is 0 Å². The standard InChI is InChI=1S/C57H35N5O/c1-2-14-36(15-3-1)55-54-53(38-16-12-28-58-34-38)56(39-17-13-29-59-35-39)63-57(54)47-32-37(26-27-48(47)60-55)40-30-41(61-49-22-8-4-18-43(49)44-19-5-9-23-50(44)61)33-42(31-40)62-51-24-10-6-20-45(51)46-21-7-11-25-52(46)62/h1-35H. The first-order chi connectivity index (χ1) is 31.3. The van der Waals surface area contributed by atoms with Crippen LogP contribution in [0.1, 0.15) is 0 Å². The molecule has 0 fully saturated rings. The summed E-state index contributed by atoms with van der Waals surface area (Å²) in [6.07, 6.45) is 7.34. The molecule has 6 heteroatoms. The zero-order chi connectivity index (χ0) is 41.4. The van der Waals surface area contributed by atoms with Crippen molar-refractivity contribution in [3.63, 3.8) is 0 Å². The summed E-state index contributed by atoms with van der Waals surface area (Å²) in [4.78, 5) is 14.5. The van der Waals surface area contributed by atoms with Gasteiger partial charge in [-0.05, 0) is 83.9 Å². The van der Waals surface area contributed by atoms with E-state index in [2.05, 4.69) is 183 Å². The Hall–Kier alpha value is -8.61. The summed E-state index contributed by atoms with van der Waals surface area (Å²) in [7, 11) is 0. The third-order valence-corrected chi connectivity index (χ3v) is 12.5. The highest BCUT2D eigenvalue weighted by Gasteiger charge is 2.25. The lowest BCUT2D eigenvalue weighted by atomic mass is 9.95. The monoisotopic (exact) mass is 805 g/mol. The zero-order valence-corrected chi connectivity index (χ0v) is 33.9. The molecule has 63 heavy (non-hydrogen) atoms. The summed E-state index contributed by atoms with van der Waals surface area (Å²) >= 11 is 0. The third kappa shape index (κ3) is 5.48. The minimum Gasteiger partial charge on any atom is -0.455 e. The van der Waals surface area contributed by atoms with Crippen LogP contribution in [0.3, 0.4) is 0 Å². The largest absolute Gasteiger partial charge is 0.455 e. The smallest absolute Gasteiger partial charge is 0.147 e. The molecule has 0 spiro atoms. The van der Waals surface area contributed by atoms with E-state index < -0.39 is 0 Å². The number of fused-ring (bicyclic) bond motifs is 9. The Balaban J connectivity index is 1.13. The van der Waals surface area contributed by atoms with Crippen LogP contribution in [-0.4, -0.2) is 24.1 Å². The van der Waals surface area contributed by atoms with Crippen molar-refractivity contribution in [1.82, 2.24) is 24.1 Å². The lowest BCUT2D eigenvalue weighted by molar-refractivity contribution is 0.635. The van der Waals surface area contributed by atoms with Crippen LogP contribution in [0.25, 0.3) is 122 Å². The van der Waals surface area contributed by atoms with Gasteiger partial charge in [0.2, 0.25) is 0 Å². The number of pyridine rings is 3.